The van der Waals surface area contributed by atoms with Gasteiger partial charge in [-0.1, -0.05) is 34.5 Å². The van der Waals surface area contributed by atoms with Gasteiger partial charge in [-0.25, -0.2) is 4.98 Å². The average molecular weight is 265 g/mol. The van der Waals surface area contributed by atoms with Gasteiger partial charge in [0.2, 0.25) is 0 Å². The standard InChI is InChI=1S/C11H6Cl2N4/c12-7-5-9-10(6-8(7)13)17(16-15-9)11-3-1-2-4-14-11/h1-6H. The van der Waals surface area contributed by atoms with Gasteiger partial charge in [0.05, 0.1) is 15.6 Å². The zero-order valence-electron chi connectivity index (χ0n) is 8.51. The lowest BCUT2D eigenvalue weighted by Gasteiger charge is -2.00. The number of pyridine rings is 1. The van der Waals surface area contributed by atoms with E-state index in [1.807, 2.05) is 18.2 Å². The lowest BCUT2D eigenvalue weighted by atomic mass is 10.3. The Hall–Kier alpha value is -1.65. The highest BCUT2D eigenvalue weighted by Gasteiger charge is 2.09. The van der Waals surface area contributed by atoms with Gasteiger partial charge >= 0.3 is 0 Å². The maximum Gasteiger partial charge on any atom is 0.155 e. The van der Waals surface area contributed by atoms with Crippen molar-refractivity contribution in [2.75, 3.05) is 0 Å². The average Bonchev–Trinajstić information content (AvgIpc) is 2.74. The number of fused-ring (bicyclic) bond motifs is 1. The lowest BCUT2D eigenvalue weighted by Crippen LogP contribution is -1.98. The van der Waals surface area contributed by atoms with Crippen molar-refractivity contribution in [1.82, 2.24) is 20.0 Å². The predicted molar refractivity (Wildman–Crippen MR) is 66.7 cm³/mol. The van der Waals surface area contributed by atoms with Crippen LogP contribution in [0.4, 0.5) is 0 Å². The first kappa shape index (κ1) is 10.5. The van der Waals surface area contributed by atoms with Crippen LogP contribution in [0.3, 0.4) is 0 Å². The highest BCUT2D eigenvalue weighted by Crippen LogP contribution is 2.27. The monoisotopic (exact) mass is 264 g/mol. The topological polar surface area (TPSA) is 43.6 Å². The molecule has 4 nitrogen and oxygen atoms in total. The summed E-state index contributed by atoms with van der Waals surface area (Å²) in [5.74, 6) is 0.688. The zero-order chi connectivity index (χ0) is 11.8. The molecule has 0 N–H and O–H groups in total. The molecular formula is C11H6Cl2N4. The molecule has 0 aliphatic rings. The first-order chi connectivity index (χ1) is 8.25. The van der Waals surface area contributed by atoms with E-state index in [0.29, 0.717) is 21.4 Å². The molecule has 17 heavy (non-hydrogen) atoms. The van der Waals surface area contributed by atoms with Gasteiger partial charge in [0.15, 0.2) is 5.82 Å². The van der Waals surface area contributed by atoms with Gasteiger partial charge in [-0.15, -0.1) is 5.10 Å². The Balaban J connectivity index is 2.29. The van der Waals surface area contributed by atoms with Crippen LogP contribution in [0.2, 0.25) is 10.0 Å². The summed E-state index contributed by atoms with van der Waals surface area (Å²) in [5, 5.41) is 9.00. The van der Waals surface area contributed by atoms with Crippen molar-refractivity contribution in [1.29, 1.82) is 0 Å². The summed E-state index contributed by atoms with van der Waals surface area (Å²) in [6, 6.07) is 8.98. The second-order valence-electron chi connectivity index (χ2n) is 3.44. The van der Waals surface area contributed by atoms with Crippen molar-refractivity contribution >= 4 is 34.2 Å². The lowest BCUT2D eigenvalue weighted by molar-refractivity contribution is 0.801. The van der Waals surface area contributed by atoms with E-state index in [1.54, 1.807) is 23.0 Å². The first-order valence-electron chi connectivity index (χ1n) is 4.87. The van der Waals surface area contributed by atoms with Crippen molar-refractivity contribution in [2.24, 2.45) is 0 Å². The molecule has 0 atom stereocenters. The van der Waals surface area contributed by atoms with E-state index in [2.05, 4.69) is 15.3 Å². The van der Waals surface area contributed by atoms with Crippen LogP contribution in [0.5, 0.6) is 0 Å². The molecule has 1 aromatic carbocycles. The number of aromatic nitrogens is 4. The Labute approximate surface area is 107 Å². The van der Waals surface area contributed by atoms with Gasteiger partial charge in [-0.3, -0.25) is 0 Å². The molecule has 0 saturated carbocycles. The molecule has 3 aromatic rings. The first-order valence-corrected chi connectivity index (χ1v) is 5.63. The predicted octanol–water partition coefficient (Wildman–Crippen LogP) is 3.12. The molecule has 0 spiro atoms. The highest BCUT2D eigenvalue weighted by molar-refractivity contribution is 6.42. The maximum absolute atomic E-state index is 5.98. The molecule has 0 amide bonds. The van der Waals surface area contributed by atoms with E-state index in [4.69, 9.17) is 23.2 Å². The highest BCUT2D eigenvalue weighted by atomic mass is 35.5. The van der Waals surface area contributed by atoms with E-state index >= 15 is 0 Å². The molecule has 84 valence electrons. The molecule has 0 unspecified atom stereocenters. The van der Waals surface area contributed by atoms with Gasteiger partial charge < -0.3 is 0 Å². The third-order valence-electron chi connectivity index (χ3n) is 2.35. The fourth-order valence-electron chi connectivity index (χ4n) is 1.56. The molecule has 0 fully saturated rings. The van der Waals surface area contributed by atoms with E-state index in [1.165, 1.54) is 0 Å². The fourth-order valence-corrected chi connectivity index (χ4v) is 1.88. The third kappa shape index (κ3) is 1.75. The summed E-state index contributed by atoms with van der Waals surface area (Å²) in [6.07, 6.45) is 1.69. The Morgan fingerprint density at radius 1 is 1.06 bits per heavy atom. The van der Waals surface area contributed by atoms with Gasteiger partial charge in [-0.2, -0.15) is 4.68 Å². The van der Waals surface area contributed by atoms with Crippen LogP contribution in [0.15, 0.2) is 36.5 Å². The van der Waals surface area contributed by atoms with Crippen LogP contribution in [0.1, 0.15) is 0 Å². The third-order valence-corrected chi connectivity index (χ3v) is 3.08. The Bertz CT molecular complexity index is 679. The second-order valence-corrected chi connectivity index (χ2v) is 4.26. The number of hydrogen-bond acceptors (Lipinski definition) is 3. The van der Waals surface area contributed by atoms with Gasteiger partial charge in [0.1, 0.15) is 5.52 Å². The summed E-state index contributed by atoms with van der Waals surface area (Å²) in [5.41, 5.74) is 1.46. The van der Waals surface area contributed by atoms with Gasteiger partial charge in [-0.05, 0) is 24.3 Å². The van der Waals surface area contributed by atoms with Gasteiger partial charge in [0, 0.05) is 6.20 Å². The van der Waals surface area contributed by atoms with Crippen molar-refractivity contribution in [2.45, 2.75) is 0 Å². The van der Waals surface area contributed by atoms with Crippen molar-refractivity contribution in [3.8, 4) is 5.82 Å². The summed E-state index contributed by atoms with van der Waals surface area (Å²) >= 11 is 11.9. The molecule has 3 rings (SSSR count). The normalized spacial score (nSPS) is 10.9. The number of nitrogens with zero attached hydrogens (tertiary/aromatic N) is 4. The number of rotatable bonds is 1. The second kappa shape index (κ2) is 3.98. The summed E-state index contributed by atoms with van der Waals surface area (Å²) < 4.78 is 1.62. The van der Waals surface area contributed by atoms with Crippen LogP contribution in [-0.2, 0) is 0 Å². The van der Waals surface area contributed by atoms with E-state index in [-0.39, 0.29) is 0 Å². The molecule has 6 heteroatoms. The Morgan fingerprint density at radius 2 is 1.88 bits per heavy atom. The van der Waals surface area contributed by atoms with E-state index in [9.17, 15) is 0 Å². The largest absolute Gasteiger partial charge is 0.237 e. The van der Waals surface area contributed by atoms with Crippen molar-refractivity contribution in [3.05, 3.63) is 46.6 Å². The van der Waals surface area contributed by atoms with Crippen molar-refractivity contribution in [3.63, 3.8) is 0 Å². The maximum atomic E-state index is 5.98. The van der Waals surface area contributed by atoms with Gasteiger partial charge in [0.25, 0.3) is 0 Å². The van der Waals surface area contributed by atoms with Crippen LogP contribution in [0.25, 0.3) is 16.9 Å². The minimum atomic E-state index is 0.465. The van der Waals surface area contributed by atoms with Crippen LogP contribution in [0, 0.1) is 0 Å². The molecule has 0 radical (unpaired) electrons. The fraction of sp³-hybridized carbons (Fsp3) is 0. The minimum absolute atomic E-state index is 0.465. The molecule has 2 aromatic heterocycles. The summed E-state index contributed by atoms with van der Waals surface area (Å²) in [7, 11) is 0. The molecular weight excluding hydrogens is 259 g/mol. The zero-order valence-corrected chi connectivity index (χ0v) is 10.0. The van der Waals surface area contributed by atoms with Crippen molar-refractivity contribution < 1.29 is 0 Å². The molecule has 0 aliphatic heterocycles. The number of halogens is 2. The van der Waals surface area contributed by atoms with Crippen LogP contribution in [-0.4, -0.2) is 20.0 Å². The van der Waals surface area contributed by atoms with Crippen LogP contribution >= 0.6 is 23.2 Å². The quantitative estimate of drug-likeness (QED) is 0.679. The van der Waals surface area contributed by atoms with E-state index in [0.717, 1.165) is 5.52 Å². The van der Waals surface area contributed by atoms with Crippen LogP contribution < -0.4 is 0 Å². The Morgan fingerprint density at radius 3 is 2.65 bits per heavy atom. The van der Waals surface area contributed by atoms with E-state index < -0.39 is 0 Å². The smallest absolute Gasteiger partial charge is 0.155 e. The Kier molecular flexibility index (Phi) is 2.46. The molecule has 0 aliphatic carbocycles. The SMILES string of the molecule is Clc1cc2nnn(-c3ccccn3)c2cc1Cl. The summed E-state index contributed by atoms with van der Waals surface area (Å²) in [6.45, 7) is 0. The summed E-state index contributed by atoms with van der Waals surface area (Å²) in [4.78, 5) is 4.21. The molecule has 2 heterocycles. The number of hydrogen-bond donors (Lipinski definition) is 0. The minimum Gasteiger partial charge on any atom is -0.237 e. The molecule has 0 bridgehead atoms. The molecule has 0 saturated heterocycles. The number of benzene rings is 1.